The third kappa shape index (κ3) is 4.59. The summed E-state index contributed by atoms with van der Waals surface area (Å²) in [5.74, 6) is -0.122. The summed E-state index contributed by atoms with van der Waals surface area (Å²) in [5.41, 5.74) is -0.179. The van der Waals surface area contributed by atoms with Crippen molar-refractivity contribution in [3.05, 3.63) is 0 Å². The first-order chi connectivity index (χ1) is 7.02. The maximum Gasteiger partial charge on any atom is 0.246 e. The number of nitrogens with one attached hydrogen (secondary N) is 2. The van der Waals surface area contributed by atoms with Gasteiger partial charge < -0.3 is 20.5 Å². The van der Waals surface area contributed by atoms with Crippen LogP contribution < -0.4 is 10.6 Å². The molecule has 1 amide bonds. The zero-order valence-corrected chi connectivity index (χ0v) is 9.38. The van der Waals surface area contributed by atoms with Crippen molar-refractivity contribution in [1.82, 2.24) is 10.6 Å². The Balaban J connectivity index is 2.03. The monoisotopic (exact) mass is 216 g/mol. The van der Waals surface area contributed by atoms with Gasteiger partial charge in [0.1, 0.15) is 6.61 Å². The van der Waals surface area contributed by atoms with E-state index in [1.165, 1.54) is 0 Å². The molecule has 3 N–H and O–H groups in total. The van der Waals surface area contributed by atoms with E-state index in [0.29, 0.717) is 13.0 Å². The average Bonchev–Trinajstić information content (AvgIpc) is 2.11. The van der Waals surface area contributed by atoms with Crippen LogP contribution in [0.5, 0.6) is 0 Å². The number of rotatable bonds is 6. The van der Waals surface area contributed by atoms with Gasteiger partial charge in [0.05, 0.1) is 11.7 Å². The van der Waals surface area contributed by atoms with Gasteiger partial charge in [0.2, 0.25) is 5.91 Å². The molecule has 0 radical (unpaired) electrons. The summed E-state index contributed by atoms with van der Waals surface area (Å²) in [6, 6.07) is 0. The molecule has 0 saturated carbocycles. The first-order valence-electron chi connectivity index (χ1n) is 5.31. The van der Waals surface area contributed by atoms with Crippen molar-refractivity contribution in [3.63, 3.8) is 0 Å². The predicted octanol–water partition coefficient (Wildman–Crippen LogP) is -0.748. The van der Waals surface area contributed by atoms with Crippen molar-refractivity contribution < 1.29 is 14.6 Å². The molecule has 0 aromatic carbocycles. The topological polar surface area (TPSA) is 70.6 Å². The molecule has 5 nitrogen and oxygen atoms in total. The molecule has 15 heavy (non-hydrogen) atoms. The summed E-state index contributed by atoms with van der Waals surface area (Å²) in [4.78, 5) is 11.3. The van der Waals surface area contributed by atoms with Gasteiger partial charge in [-0.25, -0.2) is 0 Å². The fraction of sp³-hybridized carbons (Fsp3) is 0.900. The van der Waals surface area contributed by atoms with Gasteiger partial charge in [0, 0.05) is 19.6 Å². The normalized spacial score (nSPS) is 20.5. The Morgan fingerprint density at radius 1 is 1.67 bits per heavy atom. The third-order valence-electron chi connectivity index (χ3n) is 2.43. The van der Waals surface area contributed by atoms with E-state index in [2.05, 4.69) is 10.6 Å². The highest BCUT2D eigenvalue weighted by molar-refractivity contribution is 5.77. The standard InChI is InChI=1S/C10H20N2O3/c1-8(13)3-4-12-9(14)5-15-10(2)6-11-7-10/h8,11,13H,3-7H2,1-2H3,(H,12,14). The summed E-state index contributed by atoms with van der Waals surface area (Å²) in [6.07, 6.45) is 0.199. The molecule has 88 valence electrons. The Bertz CT molecular complexity index is 215. The molecule has 0 bridgehead atoms. The molecule has 0 spiro atoms. The summed E-state index contributed by atoms with van der Waals surface area (Å²) in [6.45, 7) is 5.87. The lowest BCUT2D eigenvalue weighted by atomic mass is 10.0. The molecule has 0 aromatic heterocycles. The van der Waals surface area contributed by atoms with Crippen LogP contribution in [-0.4, -0.2) is 49.0 Å². The van der Waals surface area contributed by atoms with Crippen molar-refractivity contribution in [1.29, 1.82) is 0 Å². The number of amides is 1. The smallest absolute Gasteiger partial charge is 0.246 e. The van der Waals surface area contributed by atoms with Crippen LogP contribution in [-0.2, 0) is 9.53 Å². The number of aliphatic hydroxyl groups is 1. The molecular formula is C10H20N2O3. The molecule has 0 aliphatic carbocycles. The molecule has 0 aromatic rings. The number of carbonyl (C=O) groups is 1. The van der Waals surface area contributed by atoms with Crippen LogP contribution in [0.2, 0.25) is 0 Å². The molecule has 1 heterocycles. The van der Waals surface area contributed by atoms with Gasteiger partial charge in [-0.05, 0) is 20.3 Å². The summed E-state index contributed by atoms with van der Waals surface area (Å²) >= 11 is 0. The van der Waals surface area contributed by atoms with Gasteiger partial charge in [0.15, 0.2) is 0 Å². The van der Waals surface area contributed by atoms with E-state index < -0.39 is 0 Å². The Hall–Kier alpha value is -0.650. The van der Waals surface area contributed by atoms with Crippen LogP contribution in [0.25, 0.3) is 0 Å². The van der Waals surface area contributed by atoms with Gasteiger partial charge in [-0.15, -0.1) is 0 Å². The molecule has 1 aliphatic heterocycles. The van der Waals surface area contributed by atoms with Gasteiger partial charge in [0.25, 0.3) is 0 Å². The SMILES string of the molecule is CC(O)CCNC(=O)COC1(C)CNC1. The maximum absolute atomic E-state index is 11.3. The second-order valence-electron chi connectivity index (χ2n) is 4.33. The van der Waals surface area contributed by atoms with E-state index in [4.69, 9.17) is 9.84 Å². The predicted molar refractivity (Wildman–Crippen MR) is 56.5 cm³/mol. The molecule has 1 unspecified atom stereocenters. The molecule has 5 heteroatoms. The zero-order valence-electron chi connectivity index (χ0n) is 9.38. The highest BCUT2D eigenvalue weighted by atomic mass is 16.5. The summed E-state index contributed by atoms with van der Waals surface area (Å²) in [5, 5.41) is 14.8. The van der Waals surface area contributed by atoms with E-state index in [-0.39, 0.29) is 24.2 Å². The van der Waals surface area contributed by atoms with Crippen LogP contribution in [0.15, 0.2) is 0 Å². The van der Waals surface area contributed by atoms with Gasteiger partial charge in [-0.3, -0.25) is 4.79 Å². The minimum Gasteiger partial charge on any atom is -0.393 e. The van der Waals surface area contributed by atoms with E-state index in [9.17, 15) is 4.79 Å². The van der Waals surface area contributed by atoms with E-state index >= 15 is 0 Å². The molecule has 1 rings (SSSR count). The van der Waals surface area contributed by atoms with Crippen LogP contribution in [0.1, 0.15) is 20.3 Å². The number of ether oxygens (including phenoxy) is 1. The van der Waals surface area contributed by atoms with Gasteiger partial charge in [-0.1, -0.05) is 0 Å². The van der Waals surface area contributed by atoms with E-state index in [0.717, 1.165) is 13.1 Å². The quantitative estimate of drug-likeness (QED) is 0.546. The minimum atomic E-state index is -0.375. The number of aliphatic hydroxyl groups excluding tert-OH is 1. The van der Waals surface area contributed by atoms with Crippen LogP contribution in [0.3, 0.4) is 0 Å². The van der Waals surface area contributed by atoms with E-state index in [1.807, 2.05) is 6.92 Å². The van der Waals surface area contributed by atoms with Crippen LogP contribution in [0, 0.1) is 0 Å². The van der Waals surface area contributed by atoms with E-state index in [1.54, 1.807) is 6.92 Å². The summed E-state index contributed by atoms with van der Waals surface area (Å²) < 4.78 is 5.45. The largest absolute Gasteiger partial charge is 0.393 e. The lowest BCUT2D eigenvalue weighted by Gasteiger charge is -2.38. The highest BCUT2D eigenvalue weighted by Gasteiger charge is 2.32. The lowest BCUT2D eigenvalue weighted by molar-refractivity contribution is -0.135. The second kappa shape index (κ2) is 5.44. The summed E-state index contributed by atoms with van der Waals surface area (Å²) in [7, 11) is 0. The number of hydrogen-bond donors (Lipinski definition) is 3. The second-order valence-corrected chi connectivity index (χ2v) is 4.33. The lowest BCUT2D eigenvalue weighted by Crippen LogP contribution is -2.59. The van der Waals surface area contributed by atoms with Crippen LogP contribution >= 0.6 is 0 Å². The Morgan fingerprint density at radius 2 is 2.33 bits per heavy atom. The average molecular weight is 216 g/mol. The van der Waals surface area contributed by atoms with Crippen molar-refractivity contribution in [2.24, 2.45) is 0 Å². The fourth-order valence-electron chi connectivity index (χ4n) is 1.29. The Kier molecular flexibility index (Phi) is 4.50. The maximum atomic E-state index is 11.3. The first kappa shape index (κ1) is 12.4. The van der Waals surface area contributed by atoms with Gasteiger partial charge in [-0.2, -0.15) is 0 Å². The minimum absolute atomic E-state index is 0.0952. The van der Waals surface area contributed by atoms with Crippen molar-refractivity contribution >= 4 is 5.91 Å². The van der Waals surface area contributed by atoms with Crippen molar-refractivity contribution in [3.8, 4) is 0 Å². The molecule has 1 saturated heterocycles. The van der Waals surface area contributed by atoms with Gasteiger partial charge >= 0.3 is 0 Å². The fourth-order valence-corrected chi connectivity index (χ4v) is 1.29. The zero-order chi connectivity index (χ0) is 11.3. The first-order valence-corrected chi connectivity index (χ1v) is 5.31. The number of hydrogen-bond acceptors (Lipinski definition) is 4. The van der Waals surface area contributed by atoms with Crippen molar-refractivity contribution in [2.45, 2.75) is 32.0 Å². The molecule has 1 atom stereocenters. The Morgan fingerprint density at radius 3 is 2.80 bits per heavy atom. The molecule has 1 fully saturated rings. The highest BCUT2D eigenvalue weighted by Crippen LogP contribution is 2.14. The Labute approximate surface area is 90.2 Å². The molecular weight excluding hydrogens is 196 g/mol. The van der Waals surface area contributed by atoms with Crippen molar-refractivity contribution in [2.75, 3.05) is 26.2 Å². The molecule has 1 aliphatic rings. The third-order valence-corrected chi connectivity index (χ3v) is 2.43. The van der Waals surface area contributed by atoms with Crippen LogP contribution in [0.4, 0.5) is 0 Å². The number of carbonyl (C=O) groups excluding carboxylic acids is 1.